The summed E-state index contributed by atoms with van der Waals surface area (Å²) in [6.07, 6.45) is 2.82. The Kier molecular flexibility index (Phi) is 4.53. The van der Waals surface area contributed by atoms with E-state index in [1.807, 2.05) is 13.1 Å². The second-order valence-corrected chi connectivity index (χ2v) is 3.77. The number of nitriles is 1. The molecule has 1 aromatic heterocycles. The first kappa shape index (κ1) is 12.8. The average molecular weight is 239 g/mol. The van der Waals surface area contributed by atoms with Crippen LogP contribution >= 0.6 is 12.4 Å². The number of hydrogen-bond donors (Lipinski definition) is 1. The third-order valence-corrected chi connectivity index (χ3v) is 2.82. The van der Waals surface area contributed by atoms with Gasteiger partial charge in [-0.05, 0) is 25.1 Å². The van der Waals surface area contributed by atoms with E-state index >= 15 is 0 Å². The lowest BCUT2D eigenvalue weighted by Gasteiger charge is -2.24. The van der Waals surface area contributed by atoms with Gasteiger partial charge in [-0.3, -0.25) is 0 Å². The summed E-state index contributed by atoms with van der Waals surface area (Å²) in [5.41, 5.74) is 0.665. The Morgan fingerprint density at radius 2 is 2.44 bits per heavy atom. The molecule has 0 radical (unpaired) electrons. The molecule has 86 valence electrons. The van der Waals surface area contributed by atoms with E-state index in [0.29, 0.717) is 11.6 Å². The molecule has 1 saturated heterocycles. The molecular formula is C11H15ClN4. The normalized spacial score (nSPS) is 18.6. The lowest BCUT2D eigenvalue weighted by molar-refractivity contribution is 0.678. The van der Waals surface area contributed by atoms with Crippen molar-refractivity contribution >= 4 is 18.2 Å². The van der Waals surface area contributed by atoms with Gasteiger partial charge in [-0.15, -0.1) is 12.4 Å². The first-order valence-corrected chi connectivity index (χ1v) is 5.11. The second kappa shape index (κ2) is 5.69. The number of aromatic nitrogens is 1. The largest absolute Gasteiger partial charge is 0.355 e. The molecule has 1 aromatic rings. The summed E-state index contributed by atoms with van der Waals surface area (Å²) in [5, 5.41) is 12.1. The van der Waals surface area contributed by atoms with E-state index < -0.39 is 0 Å². The van der Waals surface area contributed by atoms with E-state index in [-0.39, 0.29) is 12.4 Å². The topological polar surface area (TPSA) is 52.0 Å². The van der Waals surface area contributed by atoms with E-state index in [2.05, 4.69) is 21.3 Å². The summed E-state index contributed by atoms with van der Waals surface area (Å²) in [6, 6.07) is 6.18. The van der Waals surface area contributed by atoms with Crippen molar-refractivity contribution in [2.24, 2.45) is 0 Å². The summed E-state index contributed by atoms with van der Waals surface area (Å²) in [4.78, 5) is 6.42. The van der Waals surface area contributed by atoms with E-state index in [4.69, 9.17) is 5.26 Å². The van der Waals surface area contributed by atoms with Crippen LogP contribution in [-0.4, -0.2) is 31.2 Å². The van der Waals surface area contributed by atoms with Crippen LogP contribution in [0.3, 0.4) is 0 Å². The smallest absolute Gasteiger partial charge is 0.129 e. The second-order valence-electron chi connectivity index (χ2n) is 3.77. The molecule has 1 atom stereocenters. The molecule has 1 N–H and O–H groups in total. The van der Waals surface area contributed by atoms with Gasteiger partial charge in [0.1, 0.15) is 5.82 Å². The summed E-state index contributed by atoms with van der Waals surface area (Å²) < 4.78 is 0. The maximum Gasteiger partial charge on any atom is 0.129 e. The number of likely N-dealkylation sites (N-methyl/N-ethyl adjacent to an activating group) is 1. The van der Waals surface area contributed by atoms with Gasteiger partial charge in [0, 0.05) is 25.8 Å². The first-order chi connectivity index (χ1) is 7.31. The van der Waals surface area contributed by atoms with Crippen LogP contribution in [0.15, 0.2) is 18.3 Å². The average Bonchev–Trinajstić information content (AvgIpc) is 2.81. The predicted octanol–water partition coefficient (Wildman–Crippen LogP) is 1.17. The van der Waals surface area contributed by atoms with Gasteiger partial charge >= 0.3 is 0 Å². The number of rotatable bonds is 2. The number of pyridine rings is 1. The fourth-order valence-corrected chi connectivity index (χ4v) is 1.84. The Hall–Kier alpha value is -1.31. The van der Waals surface area contributed by atoms with Gasteiger partial charge in [0.25, 0.3) is 0 Å². The van der Waals surface area contributed by atoms with Gasteiger partial charge in [0.05, 0.1) is 11.6 Å². The maximum atomic E-state index is 8.80. The molecule has 0 aliphatic carbocycles. The SMILES string of the molecule is CN(c1cc(C#N)ccn1)[C@H]1CCNC1.Cl. The maximum absolute atomic E-state index is 8.80. The van der Waals surface area contributed by atoms with Crippen LogP contribution in [0.1, 0.15) is 12.0 Å². The Morgan fingerprint density at radius 3 is 3.06 bits per heavy atom. The molecule has 0 saturated carbocycles. The van der Waals surface area contributed by atoms with Crippen LogP contribution in [0.5, 0.6) is 0 Å². The summed E-state index contributed by atoms with van der Waals surface area (Å²) in [6.45, 7) is 2.06. The molecule has 0 aromatic carbocycles. The quantitative estimate of drug-likeness (QED) is 0.841. The van der Waals surface area contributed by atoms with Crippen molar-refractivity contribution in [2.75, 3.05) is 25.0 Å². The molecule has 1 fully saturated rings. The van der Waals surface area contributed by atoms with Gasteiger partial charge in [-0.2, -0.15) is 5.26 Å². The van der Waals surface area contributed by atoms with Crippen molar-refractivity contribution in [2.45, 2.75) is 12.5 Å². The zero-order chi connectivity index (χ0) is 10.7. The Bertz CT molecular complexity index is 382. The monoisotopic (exact) mass is 238 g/mol. The van der Waals surface area contributed by atoms with Crippen molar-refractivity contribution in [1.82, 2.24) is 10.3 Å². The number of hydrogen-bond acceptors (Lipinski definition) is 4. The van der Waals surface area contributed by atoms with Crippen LogP contribution in [0.4, 0.5) is 5.82 Å². The van der Waals surface area contributed by atoms with Gasteiger partial charge in [-0.1, -0.05) is 0 Å². The number of nitrogens with one attached hydrogen (secondary N) is 1. The van der Waals surface area contributed by atoms with Gasteiger partial charge in [0.15, 0.2) is 0 Å². The molecule has 0 spiro atoms. The number of nitrogens with zero attached hydrogens (tertiary/aromatic N) is 3. The molecule has 1 aliphatic rings. The first-order valence-electron chi connectivity index (χ1n) is 5.11. The minimum absolute atomic E-state index is 0. The molecule has 1 aliphatic heterocycles. The Morgan fingerprint density at radius 1 is 1.62 bits per heavy atom. The van der Waals surface area contributed by atoms with Crippen LogP contribution in [0.2, 0.25) is 0 Å². The standard InChI is InChI=1S/C11H14N4.ClH/c1-15(10-3-4-13-8-10)11-6-9(7-12)2-5-14-11;/h2,5-6,10,13H,3-4,8H2,1H3;1H/t10-;/m0./s1. The fourth-order valence-electron chi connectivity index (χ4n) is 1.84. The highest BCUT2D eigenvalue weighted by Gasteiger charge is 2.20. The van der Waals surface area contributed by atoms with Crippen LogP contribution in [0, 0.1) is 11.3 Å². The van der Waals surface area contributed by atoms with Gasteiger partial charge < -0.3 is 10.2 Å². The Labute approximate surface area is 102 Å². The Balaban J connectivity index is 0.00000128. The molecule has 4 nitrogen and oxygen atoms in total. The van der Waals surface area contributed by atoms with E-state index in [1.54, 1.807) is 12.3 Å². The predicted molar refractivity (Wildman–Crippen MR) is 65.9 cm³/mol. The molecule has 16 heavy (non-hydrogen) atoms. The molecular weight excluding hydrogens is 224 g/mol. The zero-order valence-electron chi connectivity index (χ0n) is 9.18. The van der Waals surface area contributed by atoms with Crippen molar-refractivity contribution < 1.29 is 0 Å². The van der Waals surface area contributed by atoms with Gasteiger partial charge in [-0.25, -0.2) is 4.98 Å². The van der Waals surface area contributed by atoms with Crippen molar-refractivity contribution in [3.05, 3.63) is 23.9 Å². The van der Waals surface area contributed by atoms with Crippen LogP contribution in [0.25, 0.3) is 0 Å². The zero-order valence-corrected chi connectivity index (χ0v) is 10.00. The van der Waals surface area contributed by atoms with Crippen molar-refractivity contribution in [1.29, 1.82) is 5.26 Å². The summed E-state index contributed by atoms with van der Waals surface area (Å²) >= 11 is 0. The third kappa shape index (κ3) is 2.63. The highest BCUT2D eigenvalue weighted by atomic mass is 35.5. The molecule has 0 amide bonds. The van der Waals surface area contributed by atoms with Crippen molar-refractivity contribution in [3.8, 4) is 6.07 Å². The lowest BCUT2D eigenvalue weighted by Crippen LogP contribution is -2.33. The molecule has 2 rings (SSSR count). The molecule has 0 bridgehead atoms. The van der Waals surface area contributed by atoms with Crippen LogP contribution in [-0.2, 0) is 0 Å². The highest BCUT2D eigenvalue weighted by Crippen LogP contribution is 2.16. The van der Waals surface area contributed by atoms with E-state index in [1.165, 1.54) is 0 Å². The summed E-state index contributed by atoms with van der Waals surface area (Å²) in [5.74, 6) is 0.878. The van der Waals surface area contributed by atoms with E-state index in [9.17, 15) is 0 Å². The molecule has 5 heteroatoms. The van der Waals surface area contributed by atoms with Crippen LogP contribution < -0.4 is 10.2 Å². The number of halogens is 1. The lowest BCUT2D eigenvalue weighted by atomic mass is 10.2. The fraction of sp³-hybridized carbons (Fsp3) is 0.455. The highest BCUT2D eigenvalue weighted by molar-refractivity contribution is 5.85. The van der Waals surface area contributed by atoms with E-state index in [0.717, 1.165) is 25.3 Å². The minimum atomic E-state index is 0. The van der Waals surface area contributed by atoms with Gasteiger partial charge in [0.2, 0.25) is 0 Å². The minimum Gasteiger partial charge on any atom is -0.355 e. The van der Waals surface area contributed by atoms with Crippen molar-refractivity contribution in [3.63, 3.8) is 0 Å². The molecule has 0 unspecified atom stereocenters. The molecule has 2 heterocycles. The third-order valence-electron chi connectivity index (χ3n) is 2.82. The number of anilines is 1. The summed E-state index contributed by atoms with van der Waals surface area (Å²) in [7, 11) is 2.03.